The van der Waals surface area contributed by atoms with E-state index in [-0.39, 0.29) is 144 Å². The molecule has 0 aliphatic rings. The second kappa shape index (κ2) is 88.3. The van der Waals surface area contributed by atoms with Crippen molar-refractivity contribution < 1.29 is 308 Å². The Kier molecular flexibility index (Phi) is 94.4. The van der Waals surface area contributed by atoms with E-state index in [1.54, 1.807) is 0 Å². The van der Waals surface area contributed by atoms with Gasteiger partial charge in [0.25, 0.3) is 0 Å². The number of carboxylic acids is 12. The van der Waals surface area contributed by atoms with Crippen LogP contribution in [0.15, 0.2) is 0 Å². The minimum absolute atomic E-state index is 0. The number of carbonyl (C=O) groups excluding carboxylic acids is 4. The van der Waals surface area contributed by atoms with Crippen molar-refractivity contribution in [1.82, 2.24) is 21.3 Å². The van der Waals surface area contributed by atoms with Crippen LogP contribution in [0.5, 0.6) is 0 Å². The van der Waals surface area contributed by atoms with Gasteiger partial charge in [-0.25, -0.2) is 33.7 Å². The molecule has 0 fully saturated rings. The third-order valence-corrected chi connectivity index (χ3v) is 30.9. The monoisotopic (exact) mass is 2240 g/mol. The molecule has 148 heavy (non-hydrogen) atoms. The maximum Gasteiger partial charge on any atom is 1.00 e. The van der Waals surface area contributed by atoms with Crippen LogP contribution in [0.1, 0.15) is 415 Å². The number of rotatable bonds is 88. The molecule has 0 radical (unpaired) electrons. The Morgan fingerprint density at radius 1 is 0.203 bits per heavy atom. The van der Waals surface area contributed by atoms with E-state index in [1.165, 1.54) is 154 Å². The molecule has 0 bridgehead atoms. The molecule has 0 aliphatic heterocycles. The first kappa shape index (κ1) is 158. The van der Waals surface area contributed by atoms with Gasteiger partial charge in [0.2, 0.25) is 23.6 Å². The van der Waals surface area contributed by atoms with Gasteiger partial charge in [0.05, 0.1) is 25.7 Å². The van der Waals surface area contributed by atoms with Crippen molar-refractivity contribution in [1.29, 1.82) is 0 Å². The van der Waals surface area contributed by atoms with Crippen LogP contribution in [0.3, 0.4) is 0 Å². The molecule has 0 aromatic carbocycles. The van der Waals surface area contributed by atoms with Gasteiger partial charge >= 0.3 is 190 Å². The Hall–Kier alpha value is -4.84. The zero-order valence-electron chi connectivity index (χ0n) is 89.5. The molecule has 0 spiro atoms. The second-order valence-corrected chi connectivity index (χ2v) is 44.3. The Balaban J connectivity index is -0.000000292. The average molecular weight is 2240 g/mol. The average Bonchev–Trinajstić information content (AvgIpc) is 0.814. The van der Waals surface area contributed by atoms with Crippen LogP contribution in [0.4, 0.5) is 0 Å². The standard InChI is InChI=1S/4C24H43NO10S.4Na/c4*1-3-4-5-6-7-8-9-10-11-12-13-14-15-18(24(2,22(29)30)23(31)32)17-25-20(26)16-19(21(27)28)36(33,34)35;;;;/h4*18-19H,3-17H2,1-2H3,(H,25,26)(H,27,28)(H,29,30)(H,31,32)(H,33,34,35);;;;/q;;;;4*+1/p-4. The molecule has 4 amide bonds. The fourth-order valence-electron chi connectivity index (χ4n) is 16.2. The van der Waals surface area contributed by atoms with Gasteiger partial charge in [0.1, 0.15) is 40.5 Å². The first-order chi connectivity index (χ1) is 67.1. The van der Waals surface area contributed by atoms with Crippen molar-refractivity contribution in [2.24, 2.45) is 45.3 Å². The molecule has 0 saturated carbocycles. The predicted octanol–water partition coefficient (Wildman–Crippen LogP) is 1.51. The number of hydrogen-bond acceptors (Lipinski definition) is 28. The second-order valence-electron chi connectivity index (χ2n) is 38.1. The van der Waals surface area contributed by atoms with E-state index in [0.717, 1.165) is 156 Å². The SMILES string of the molecule is CCCCCCCCCCCCCCC(CNC(=O)CC(C(=O)O)S(=O)(=O)[O-])C(C)(C(=O)O)C(=O)O.CCCCCCCCCCCCCCC(CNC(=O)CC(C(=O)O)S(=O)(=O)[O-])C(C)(C(=O)O)C(=O)O.CCCCCCCCCCCCCCC(CNC(=O)CC(C(=O)O)S(=O)(=O)[O-])C(C)(C(=O)O)C(=O)O.CCCCCCCCCCCCCCC(CNC(=O)CC(C(=O)O)S(=O)(=O)[O-])C(C)(C(=O)O)C(=O)O.[Na+].[Na+].[Na+].[Na+]. The summed E-state index contributed by atoms with van der Waals surface area (Å²) in [6.07, 6.45) is 48.0. The van der Waals surface area contributed by atoms with Gasteiger partial charge in [-0.3, -0.25) is 76.7 Å². The zero-order chi connectivity index (χ0) is 111. The van der Waals surface area contributed by atoms with Crippen LogP contribution in [-0.4, -0.2) is 256 Å². The van der Waals surface area contributed by atoms with Crippen LogP contribution < -0.4 is 139 Å². The summed E-state index contributed by atoms with van der Waals surface area (Å²) in [4.78, 5) is 186. The van der Waals surface area contributed by atoms with E-state index >= 15 is 0 Å². The fraction of sp³-hybridized carbons (Fsp3) is 0.833. The molecule has 52 heteroatoms. The number of unbranched alkanes of at least 4 members (excludes halogenated alkanes) is 44. The van der Waals surface area contributed by atoms with Crippen molar-refractivity contribution in [2.75, 3.05) is 26.2 Å². The summed E-state index contributed by atoms with van der Waals surface area (Å²) in [7, 11) is -21.1. The van der Waals surface area contributed by atoms with Gasteiger partial charge < -0.3 is 101 Å². The molecule has 16 N–H and O–H groups in total. The van der Waals surface area contributed by atoms with Gasteiger partial charge in [0.15, 0.2) is 42.7 Å². The molecule has 0 aliphatic carbocycles. The molecular formula is C96H168N4Na4O40S4. The first-order valence-corrected chi connectivity index (χ1v) is 56.6. The Bertz CT molecular complexity index is 3750. The molecule has 840 valence electrons. The molecule has 0 saturated heterocycles. The largest absolute Gasteiger partial charge is 1.00 e. The molecule has 8 atom stereocenters. The maximum absolute atomic E-state index is 12.1. The topological polar surface area (TPSA) is 793 Å². The quantitative estimate of drug-likeness (QED) is 0.0178. The van der Waals surface area contributed by atoms with Crippen molar-refractivity contribution >= 4 is 136 Å². The number of aliphatic carboxylic acids is 12. The van der Waals surface area contributed by atoms with Crippen LogP contribution >= 0.6 is 0 Å². The normalized spacial score (nSPS) is 13.3. The maximum atomic E-state index is 12.1. The third kappa shape index (κ3) is 69.9. The molecule has 0 aromatic heterocycles. The Labute approximate surface area is 963 Å². The predicted molar refractivity (Wildman–Crippen MR) is 525 cm³/mol. The van der Waals surface area contributed by atoms with E-state index in [4.69, 9.17) is 20.4 Å². The van der Waals surface area contributed by atoms with Crippen LogP contribution in [0.2, 0.25) is 0 Å². The summed E-state index contributed by atoms with van der Waals surface area (Å²) in [5.41, 5.74) is -8.88. The van der Waals surface area contributed by atoms with E-state index in [0.29, 0.717) is 25.7 Å². The molecule has 0 rings (SSSR count). The van der Waals surface area contributed by atoms with Crippen molar-refractivity contribution in [3.63, 3.8) is 0 Å². The van der Waals surface area contributed by atoms with Crippen molar-refractivity contribution in [3.8, 4) is 0 Å². The zero-order valence-corrected chi connectivity index (χ0v) is 101. The van der Waals surface area contributed by atoms with Gasteiger partial charge in [0, 0.05) is 49.9 Å². The number of carboxylic acid groups (broad SMARTS) is 12. The number of hydrogen-bond donors (Lipinski definition) is 16. The molecule has 0 aromatic rings. The Morgan fingerprint density at radius 2 is 0.304 bits per heavy atom. The summed E-state index contributed by atoms with van der Waals surface area (Å²) in [6, 6.07) is 0. The minimum Gasteiger partial charge on any atom is -0.747 e. The number of nitrogens with one attached hydrogen (secondary N) is 4. The molecular weight excluding hydrogens is 2070 g/mol. The smallest absolute Gasteiger partial charge is 0.747 e. The summed E-state index contributed by atoms with van der Waals surface area (Å²) in [6.45, 7) is 11.2. The molecule has 44 nitrogen and oxygen atoms in total. The third-order valence-electron chi connectivity index (χ3n) is 26.6. The fourth-order valence-corrected chi connectivity index (χ4v) is 18.6. The van der Waals surface area contributed by atoms with E-state index in [1.807, 2.05) is 0 Å². The van der Waals surface area contributed by atoms with Gasteiger partial charge in [-0.15, -0.1) is 0 Å². The summed E-state index contributed by atoms with van der Waals surface area (Å²) < 4.78 is 133. The molecule has 0 heterocycles. The van der Waals surface area contributed by atoms with E-state index in [2.05, 4.69) is 49.0 Å². The Morgan fingerprint density at radius 3 is 0.392 bits per heavy atom. The summed E-state index contributed by atoms with van der Waals surface area (Å²) in [5.74, 6) is -29.1. The van der Waals surface area contributed by atoms with Crippen molar-refractivity contribution in [2.45, 2.75) is 436 Å². The van der Waals surface area contributed by atoms with Crippen LogP contribution in [0.25, 0.3) is 0 Å². The van der Waals surface area contributed by atoms with E-state index < -0.39 is 254 Å². The first-order valence-electron chi connectivity index (χ1n) is 50.8. The minimum atomic E-state index is -5.29. The molecule has 8 unspecified atom stereocenters. The van der Waals surface area contributed by atoms with Crippen LogP contribution in [0, 0.1) is 45.3 Å². The number of carbonyl (C=O) groups is 16. The number of amides is 4. The summed E-state index contributed by atoms with van der Waals surface area (Å²) in [5, 5.41) is 111. The van der Waals surface area contributed by atoms with E-state index in [9.17, 15) is 169 Å². The van der Waals surface area contributed by atoms with Gasteiger partial charge in [-0.05, 0) is 53.4 Å². The summed E-state index contributed by atoms with van der Waals surface area (Å²) >= 11 is 0. The van der Waals surface area contributed by atoms with Gasteiger partial charge in [-0.2, -0.15) is 0 Å². The van der Waals surface area contributed by atoms with Crippen molar-refractivity contribution in [3.05, 3.63) is 0 Å². The van der Waals surface area contributed by atoms with Gasteiger partial charge in [-0.1, -0.05) is 336 Å². The van der Waals surface area contributed by atoms with Crippen LogP contribution in [-0.2, 0) is 117 Å².